The molecule has 5 aromatic rings. The molecule has 0 radical (unpaired) electrons. The van der Waals surface area contributed by atoms with E-state index < -0.39 is 41.7 Å². The van der Waals surface area contributed by atoms with Crippen molar-refractivity contribution in [3.63, 3.8) is 0 Å². The Balaban J connectivity index is 0.814. The maximum atomic E-state index is 14.9. The van der Waals surface area contributed by atoms with Crippen LogP contribution in [0.2, 0.25) is 0 Å². The van der Waals surface area contributed by atoms with Crippen molar-refractivity contribution in [1.29, 1.82) is 5.26 Å². The first-order valence-corrected chi connectivity index (χ1v) is 21.9. The van der Waals surface area contributed by atoms with Crippen molar-refractivity contribution in [2.45, 2.75) is 31.5 Å². The van der Waals surface area contributed by atoms with Crippen molar-refractivity contribution in [1.82, 2.24) is 30.1 Å². The first-order valence-electron chi connectivity index (χ1n) is 21.9. The van der Waals surface area contributed by atoms with Crippen LogP contribution in [0, 0.1) is 17.1 Å². The van der Waals surface area contributed by atoms with Gasteiger partial charge in [-0.05, 0) is 54.4 Å². The van der Waals surface area contributed by atoms with Gasteiger partial charge in [0.25, 0.3) is 11.8 Å². The molecule has 3 aromatic carbocycles. The lowest BCUT2D eigenvalue weighted by Crippen LogP contribution is -2.53. The summed E-state index contributed by atoms with van der Waals surface area (Å²) in [6.07, 6.45) is 3.55. The summed E-state index contributed by atoms with van der Waals surface area (Å²) in [6.45, 7) is 2.95. The molecule has 2 saturated heterocycles. The fourth-order valence-corrected chi connectivity index (χ4v) is 8.39. The number of pyridine rings is 1. The monoisotopic (exact) mass is 926 g/mol. The van der Waals surface area contributed by atoms with E-state index in [1.54, 1.807) is 59.8 Å². The van der Waals surface area contributed by atoms with Crippen LogP contribution < -0.4 is 25.6 Å². The normalized spacial score (nSPS) is 16.8. The Morgan fingerprint density at radius 3 is 2.51 bits per heavy atom. The van der Waals surface area contributed by atoms with Gasteiger partial charge in [0.05, 0.1) is 74.1 Å². The standard InChI is InChI=1S/C48H47FN10O9/c1-66-39-7-3-5-33(49)43(39)44-53-16-13-36(54-44)45(62)55-34-9-8-29(32-28-51-15-12-30(32)27-50)26-38(34)57-18-20-58(21-19-57)41(61)14-22-67-24-25-68-23-17-52-35-6-2-4-31-42(35)48(65)59(47(31)64)37-10-11-40(60)56-46(37)63/h2-9,12-13,15-16,26,28,37,47,52,64H,10-11,14,17-25H2,1H3,(H,55,62)(H,56,60,63). The number of nitriles is 1. The lowest BCUT2D eigenvalue weighted by molar-refractivity contribution is -0.139. The maximum absolute atomic E-state index is 14.9. The molecule has 8 rings (SSSR count). The van der Waals surface area contributed by atoms with Crippen molar-refractivity contribution in [2.75, 3.05) is 81.8 Å². The van der Waals surface area contributed by atoms with Gasteiger partial charge in [0.1, 0.15) is 23.3 Å². The highest BCUT2D eigenvalue weighted by atomic mass is 19.1. The van der Waals surface area contributed by atoms with Gasteiger partial charge in [-0.3, -0.25) is 39.2 Å². The number of hydrogen-bond donors (Lipinski definition) is 4. The number of hydrogen-bond acceptors (Lipinski definition) is 15. The highest BCUT2D eigenvalue weighted by Crippen LogP contribution is 2.39. The number of piperidine rings is 1. The summed E-state index contributed by atoms with van der Waals surface area (Å²) in [5, 5.41) is 29.1. The molecule has 3 aliphatic rings. The van der Waals surface area contributed by atoms with Crippen LogP contribution in [-0.4, -0.2) is 132 Å². The predicted octanol–water partition coefficient (Wildman–Crippen LogP) is 3.91. The largest absolute Gasteiger partial charge is 0.496 e. The van der Waals surface area contributed by atoms with Gasteiger partial charge in [-0.2, -0.15) is 5.26 Å². The summed E-state index contributed by atoms with van der Waals surface area (Å²) in [5.41, 5.74) is 3.97. The van der Waals surface area contributed by atoms with Crippen LogP contribution in [0.1, 0.15) is 57.5 Å². The minimum absolute atomic E-state index is 0.00912. The van der Waals surface area contributed by atoms with Crippen LogP contribution in [0.25, 0.3) is 22.5 Å². The molecule has 2 aromatic heterocycles. The van der Waals surface area contributed by atoms with Gasteiger partial charge in [0.2, 0.25) is 17.7 Å². The third-order valence-corrected chi connectivity index (χ3v) is 11.8. The molecule has 20 heteroatoms. The molecule has 5 heterocycles. The fraction of sp³-hybridized carbons (Fsp3) is 0.312. The van der Waals surface area contributed by atoms with E-state index in [4.69, 9.17) is 14.2 Å². The quantitative estimate of drug-likeness (QED) is 0.0764. The minimum Gasteiger partial charge on any atom is -0.496 e. The molecule has 350 valence electrons. The molecule has 2 atom stereocenters. The smallest absolute Gasteiger partial charge is 0.274 e. The number of carbonyl (C=O) groups excluding carboxylic acids is 5. The number of halogens is 1. The molecule has 3 aliphatic heterocycles. The number of piperazine rings is 1. The molecule has 19 nitrogen and oxygen atoms in total. The number of ether oxygens (including phenoxy) is 3. The van der Waals surface area contributed by atoms with Crippen molar-refractivity contribution in [3.8, 4) is 34.3 Å². The summed E-state index contributed by atoms with van der Waals surface area (Å²) < 4.78 is 31.6. The molecule has 0 spiro atoms. The van der Waals surface area contributed by atoms with Crippen molar-refractivity contribution >= 4 is 46.6 Å². The number of aromatic nitrogens is 3. The van der Waals surface area contributed by atoms with Gasteiger partial charge in [-0.1, -0.05) is 24.3 Å². The van der Waals surface area contributed by atoms with E-state index in [-0.39, 0.29) is 80.0 Å². The van der Waals surface area contributed by atoms with Crippen LogP contribution in [0.5, 0.6) is 5.75 Å². The lowest BCUT2D eigenvalue weighted by Gasteiger charge is -2.37. The number of anilines is 3. The van der Waals surface area contributed by atoms with E-state index in [0.717, 1.165) is 4.90 Å². The van der Waals surface area contributed by atoms with Gasteiger partial charge in [0.15, 0.2) is 12.1 Å². The maximum Gasteiger partial charge on any atom is 0.274 e. The summed E-state index contributed by atoms with van der Waals surface area (Å²) >= 11 is 0. The SMILES string of the molecule is COc1cccc(F)c1-c1nccc(C(=O)Nc2ccc(-c3cnccc3C#N)cc2N2CCN(C(=O)CCOCCOCCNc3cccc4c3C(=O)N(C3CCC(=O)NC3=O)C4O)CC2)n1. The average molecular weight is 927 g/mol. The second-order valence-corrected chi connectivity index (χ2v) is 15.9. The van der Waals surface area contributed by atoms with E-state index in [1.807, 2.05) is 11.0 Å². The topological polar surface area (TPSA) is 242 Å². The van der Waals surface area contributed by atoms with E-state index in [0.29, 0.717) is 72.0 Å². The number of rotatable bonds is 17. The van der Waals surface area contributed by atoms with Gasteiger partial charge in [-0.25, -0.2) is 14.4 Å². The Hall–Kier alpha value is -7.86. The van der Waals surface area contributed by atoms with Gasteiger partial charge in [-0.15, -0.1) is 0 Å². The second kappa shape index (κ2) is 21.2. The number of aliphatic hydroxyl groups excluding tert-OH is 1. The zero-order chi connectivity index (χ0) is 47.7. The molecule has 68 heavy (non-hydrogen) atoms. The van der Waals surface area contributed by atoms with Crippen LogP contribution >= 0.6 is 0 Å². The number of amides is 5. The summed E-state index contributed by atoms with van der Waals surface area (Å²) in [4.78, 5) is 82.2. The second-order valence-electron chi connectivity index (χ2n) is 15.9. The molecule has 2 unspecified atom stereocenters. The molecule has 5 amide bonds. The third kappa shape index (κ3) is 10.1. The first kappa shape index (κ1) is 46.7. The number of nitrogens with zero attached hydrogens (tertiary/aromatic N) is 7. The number of nitrogens with one attached hydrogen (secondary N) is 3. The summed E-state index contributed by atoms with van der Waals surface area (Å²) in [7, 11) is 1.40. The molecule has 2 fully saturated rings. The molecule has 0 bridgehead atoms. The number of benzene rings is 3. The van der Waals surface area contributed by atoms with Crippen molar-refractivity contribution < 1.29 is 47.7 Å². The average Bonchev–Trinajstić information content (AvgIpc) is 3.61. The van der Waals surface area contributed by atoms with E-state index in [2.05, 4.69) is 37.0 Å². The minimum atomic E-state index is -1.32. The number of carbonyl (C=O) groups is 5. The highest BCUT2D eigenvalue weighted by molar-refractivity contribution is 6.08. The summed E-state index contributed by atoms with van der Waals surface area (Å²) in [5.74, 6) is -2.59. The summed E-state index contributed by atoms with van der Waals surface area (Å²) in [6, 6.07) is 19.0. The fourth-order valence-electron chi connectivity index (χ4n) is 8.39. The predicted molar refractivity (Wildman–Crippen MR) is 244 cm³/mol. The molecular weight excluding hydrogens is 880 g/mol. The highest BCUT2D eigenvalue weighted by Gasteiger charge is 2.45. The van der Waals surface area contributed by atoms with E-state index in [1.165, 1.54) is 31.5 Å². The van der Waals surface area contributed by atoms with Crippen LogP contribution in [-0.2, 0) is 23.9 Å². The molecule has 4 N–H and O–H groups in total. The van der Waals surface area contributed by atoms with E-state index in [9.17, 15) is 38.7 Å². The number of aliphatic hydroxyl groups is 1. The van der Waals surface area contributed by atoms with Gasteiger partial charge in [0, 0.05) is 74.5 Å². The lowest BCUT2D eigenvalue weighted by atomic mass is 10.0. The zero-order valence-electron chi connectivity index (χ0n) is 36.9. The Bertz CT molecular complexity index is 2780. The van der Waals surface area contributed by atoms with Crippen LogP contribution in [0.4, 0.5) is 21.5 Å². The van der Waals surface area contributed by atoms with E-state index >= 15 is 0 Å². The Kier molecular flexibility index (Phi) is 14.5. The first-order chi connectivity index (χ1) is 33.1. The van der Waals surface area contributed by atoms with Crippen molar-refractivity contribution in [3.05, 3.63) is 114 Å². The van der Waals surface area contributed by atoms with Gasteiger partial charge < -0.3 is 39.8 Å². The Morgan fingerprint density at radius 2 is 1.74 bits per heavy atom. The number of imide groups is 1. The third-order valence-electron chi connectivity index (χ3n) is 11.8. The molecule has 0 saturated carbocycles. The number of fused-ring (bicyclic) bond motifs is 1. The number of methoxy groups -OCH3 is 1. The Morgan fingerprint density at radius 1 is 0.941 bits per heavy atom. The van der Waals surface area contributed by atoms with Crippen molar-refractivity contribution in [2.24, 2.45) is 0 Å². The zero-order valence-corrected chi connectivity index (χ0v) is 36.9. The molecular formula is C48H47FN10O9. The van der Waals surface area contributed by atoms with Gasteiger partial charge >= 0.3 is 0 Å². The Labute approximate surface area is 389 Å². The van der Waals surface area contributed by atoms with Crippen LogP contribution in [0.15, 0.2) is 85.3 Å². The van der Waals surface area contributed by atoms with Crippen LogP contribution in [0.3, 0.4) is 0 Å². The molecule has 0 aliphatic carbocycles.